The minimum atomic E-state index is -1.40. The third-order valence-corrected chi connectivity index (χ3v) is 2.36. The Labute approximate surface area is 107 Å². The Hall–Kier alpha value is -1.27. The van der Waals surface area contributed by atoms with Crippen LogP contribution in [0.3, 0.4) is 0 Å². The number of aliphatic hydroxyl groups excluding tert-OH is 1. The minimum Gasteiger partial charge on any atom is -0.368 e. The molecule has 0 aliphatic rings. The summed E-state index contributed by atoms with van der Waals surface area (Å²) in [5.41, 5.74) is 0. The number of carbonyl (C=O) groups is 2. The van der Waals surface area contributed by atoms with Crippen LogP contribution in [0.2, 0.25) is 0 Å². The lowest BCUT2D eigenvalue weighted by atomic mass is 10.0. The van der Waals surface area contributed by atoms with Crippen LogP contribution in [0.4, 0.5) is 0 Å². The molecule has 0 heterocycles. The van der Waals surface area contributed by atoms with Crippen molar-refractivity contribution in [2.75, 3.05) is 0 Å². The molecule has 0 saturated heterocycles. The van der Waals surface area contributed by atoms with E-state index in [0.717, 1.165) is 0 Å². The highest BCUT2D eigenvalue weighted by Gasteiger charge is 2.20. The van der Waals surface area contributed by atoms with Crippen molar-refractivity contribution in [3.8, 4) is 0 Å². The van der Waals surface area contributed by atoms with Crippen molar-refractivity contribution in [1.29, 1.82) is 0 Å². The minimum absolute atomic E-state index is 0.135. The molecule has 0 bridgehead atoms. The fourth-order valence-corrected chi connectivity index (χ4v) is 1.51. The van der Waals surface area contributed by atoms with Gasteiger partial charge in [-0.1, -0.05) is 13.8 Å². The predicted molar refractivity (Wildman–Crippen MR) is 68.0 cm³/mol. The Bertz CT molecular complexity index is 290. The zero-order valence-corrected chi connectivity index (χ0v) is 10.9. The largest absolute Gasteiger partial charge is 0.368 e. The van der Waals surface area contributed by atoms with Crippen molar-refractivity contribution < 1.29 is 19.8 Å². The van der Waals surface area contributed by atoms with Crippen molar-refractivity contribution >= 4 is 18.5 Å². The first-order valence-corrected chi connectivity index (χ1v) is 6.02. The van der Waals surface area contributed by atoms with E-state index in [1.54, 1.807) is 0 Å². The Morgan fingerprint density at radius 1 is 1.33 bits per heavy atom. The van der Waals surface area contributed by atoms with Crippen LogP contribution in [0.5, 0.6) is 0 Å². The normalized spacial score (nSPS) is 12.6. The molecule has 0 aromatic carbocycles. The molecule has 0 radical (unpaired) electrons. The second kappa shape index (κ2) is 8.77. The number of carbonyl (C=O) groups excluding carboxylic acids is 2. The van der Waals surface area contributed by atoms with Gasteiger partial charge in [0, 0.05) is 6.42 Å². The second-order valence-corrected chi connectivity index (χ2v) is 4.62. The van der Waals surface area contributed by atoms with Crippen molar-refractivity contribution in [2.45, 2.75) is 51.9 Å². The summed E-state index contributed by atoms with van der Waals surface area (Å²) in [6.07, 6.45) is -0.257. The van der Waals surface area contributed by atoms with E-state index in [1.807, 2.05) is 13.8 Å². The van der Waals surface area contributed by atoms with Gasteiger partial charge in [0.25, 0.3) is 5.91 Å². The van der Waals surface area contributed by atoms with Crippen LogP contribution < -0.4 is 5.32 Å². The first kappa shape index (κ1) is 16.7. The van der Waals surface area contributed by atoms with Gasteiger partial charge in [-0.3, -0.25) is 9.59 Å². The monoisotopic (exact) mass is 258 g/mol. The first-order valence-electron chi connectivity index (χ1n) is 6.02. The standard InChI is InChI=1S/C12H22N2O4/c1-8(2)7-9(12(18)13-3)14-10(15)5-4-6-11(16)17/h8-9,11,16-17H,3-7H2,1-2H3,(H,14,15)/t9-/m1/s1. The number of amides is 2. The highest BCUT2D eigenvalue weighted by atomic mass is 16.5. The zero-order valence-electron chi connectivity index (χ0n) is 10.9. The van der Waals surface area contributed by atoms with E-state index >= 15 is 0 Å². The second-order valence-electron chi connectivity index (χ2n) is 4.62. The number of hydrogen-bond acceptors (Lipinski definition) is 4. The molecular formula is C12H22N2O4. The average molecular weight is 258 g/mol. The topological polar surface area (TPSA) is 99.0 Å². The summed E-state index contributed by atoms with van der Waals surface area (Å²) >= 11 is 0. The van der Waals surface area contributed by atoms with Gasteiger partial charge in [-0.15, -0.1) is 0 Å². The Morgan fingerprint density at radius 3 is 2.39 bits per heavy atom. The highest BCUT2D eigenvalue weighted by molar-refractivity contribution is 5.90. The number of aliphatic imine (C=N–C) groups is 1. The van der Waals surface area contributed by atoms with E-state index in [2.05, 4.69) is 17.0 Å². The van der Waals surface area contributed by atoms with E-state index in [-0.39, 0.29) is 24.7 Å². The highest BCUT2D eigenvalue weighted by Crippen LogP contribution is 2.07. The van der Waals surface area contributed by atoms with Crippen molar-refractivity contribution in [1.82, 2.24) is 5.32 Å². The number of rotatable bonds is 8. The molecule has 0 unspecified atom stereocenters. The zero-order chi connectivity index (χ0) is 14.1. The Kier molecular flexibility index (Phi) is 8.15. The predicted octanol–water partition coefficient (Wildman–Crippen LogP) is 0.225. The van der Waals surface area contributed by atoms with Crippen LogP contribution in [0.25, 0.3) is 0 Å². The van der Waals surface area contributed by atoms with Crippen LogP contribution in [0.1, 0.15) is 39.5 Å². The fourth-order valence-electron chi connectivity index (χ4n) is 1.51. The molecule has 0 rings (SSSR count). The Morgan fingerprint density at radius 2 is 1.94 bits per heavy atom. The van der Waals surface area contributed by atoms with Gasteiger partial charge in [-0.2, -0.15) is 0 Å². The number of nitrogens with one attached hydrogen (secondary N) is 1. The van der Waals surface area contributed by atoms with Crippen molar-refractivity contribution in [2.24, 2.45) is 10.9 Å². The molecular weight excluding hydrogens is 236 g/mol. The lowest BCUT2D eigenvalue weighted by Crippen LogP contribution is -2.41. The first-order chi connectivity index (χ1) is 8.36. The van der Waals surface area contributed by atoms with Gasteiger partial charge in [0.2, 0.25) is 5.91 Å². The molecule has 6 nitrogen and oxygen atoms in total. The van der Waals surface area contributed by atoms with E-state index in [0.29, 0.717) is 12.8 Å². The Balaban J connectivity index is 4.18. The molecule has 104 valence electrons. The summed E-state index contributed by atoms with van der Waals surface area (Å²) < 4.78 is 0. The van der Waals surface area contributed by atoms with E-state index < -0.39 is 18.2 Å². The third-order valence-electron chi connectivity index (χ3n) is 2.36. The molecule has 0 aromatic heterocycles. The molecule has 0 saturated carbocycles. The van der Waals surface area contributed by atoms with Crippen molar-refractivity contribution in [3.63, 3.8) is 0 Å². The number of aliphatic hydroxyl groups is 2. The van der Waals surface area contributed by atoms with Crippen LogP contribution in [-0.2, 0) is 9.59 Å². The van der Waals surface area contributed by atoms with Crippen LogP contribution >= 0.6 is 0 Å². The molecule has 1 atom stereocenters. The van der Waals surface area contributed by atoms with E-state index in [9.17, 15) is 9.59 Å². The quantitative estimate of drug-likeness (QED) is 0.428. The maximum Gasteiger partial charge on any atom is 0.267 e. The third kappa shape index (κ3) is 7.92. The van der Waals surface area contributed by atoms with Gasteiger partial charge < -0.3 is 15.5 Å². The van der Waals surface area contributed by atoms with E-state index in [4.69, 9.17) is 10.2 Å². The van der Waals surface area contributed by atoms with Crippen LogP contribution in [-0.4, -0.2) is 41.1 Å². The lowest BCUT2D eigenvalue weighted by Gasteiger charge is -2.17. The molecule has 0 aliphatic carbocycles. The summed E-state index contributed by atoms with van der Waals surface area (Å²) in [6, 6.07) is -0.644. The van der Waals surface area contributed by atoms with E-state index in [1.165, 1.54) is 0 Å². The fraction of sp³-hybridized carbons (Fsp3) is 0.750. The van der Waals surface area contributed by atoms with Crippen LogP contribution in [0.15, 0.2) is 4.99 Å². The van der Waals surface area contributed by atoms with Gasteiger partial charge in [0.05, 0.1) is 0 Å². The van der Waals surface area contributed by atoms with Gasteiger partial charge >= 0.3 is 0 Å². The van der Waals surface area contributed by atoms with Crippen LogP contribution in [0, 0.1) is 5.92 Å². The maximum atomic E-state index is 11.5. The molecule has 6 heteroatoms. The summed E-state index contributed by atoms with van der Waals surface area (Å²) in [5.74, 6) is -0.488. The maximum absolute atomic E-state index is 11.5. The molecule has 0 aliphatic heterocycles. The number of nitrogens with zero attached hydrogens (tertiary/aromatic N) is 1. The summed E-state index contributed by atoms with van der Waals surface area (Å²) in [6.45, 7) is 7.05. The van der Waals surface area contributed by atoms with Gasteiger partial charge in [-0.25, -0.2) is 4.99 Å². The number of hydrogen-bond donors (Lipinski definition) is 3. The smallest absolute Gasteiger partial charge is 0.267 e. The molecule has 3 N–H and O–H groups in total. The molecule has 18 heavy (non-hydrogen) atoms. The van der Waals surface area contributed by atoms with Gasteiger partial charge in [-0.05, 0) is 31.9 Å². The molecule has 0 fully saturated rings. The summed E-state index contributed by atoms with van der Waals surface area (Å²) in [4.78, 5) is 26.3. The summed E-state index contributed by atoms with van der Waals surface area (Å²) in [7, 11) is 0. The van der Waals surface area contributed by atoms with Gasteiger partial charge in [0.15, 0.2) is 6.29 Å². The molecule has 2 amide bonds. The molecule has 0 spiro atoms. The summed E-state index contributed by atoms with van der Waals surface area (Å²) in [5, 5.41) is 19.9. The SMILES string of the molecule is C=NC(=O)[C@@H](CC(C)C)NC(=O)CCCC(O)O. The molecule has 0 aromatic rings. The van der Waals surface area contributed by atoms with Crippen molar-refractivity contribution in [3.05, 3.63) is 0 Å². The lowest BCUT2D eigenvalue weighted by molar-refractivity contribution is -0.127. The average Bonchev–Trinajstić information content (AvgIpc) is 2.25. The van der Waals surface area contributed by atoms with Gasteiger partial charge in [0.1, 0.15) is 6.04 Å².